The lowest BCUT2D eigenvalue weighted by Crippen LogP contribution is -2.48. The monoisotopic (exact) mass is 382 g/mol. The van der Waals surface area contributed by atoms with Gasteiger partial charge in [0.05, 0.1) is 6.54 Å². The normalized spacial score (nSPS) is 20.5. The molecule has 1 aliphatic carbocycles. The summed E-state index contributed by atoms with van der Waals surface area (Å²) < 4.78 is 7.14. The van der Waals surface area contributed by atoms with Gasteiger partial charge in [0.2, 0.25) is 0 Å². The van der Waals surface area contributed by atoms with Crippen LogP contribution in [0, 0.1) is 5.41 Å². The van der Waals surface area contributed by atoms with Crippen molar-refractivity contribution in [1.82, 2.24) is 25.4 Å². The number of fused-ring (bicyclic) bond motifs is 1. The van der Waals surface area contributed by atoms with Gasteiger partial charge >= 0.3 is 0 Å². The highest BCUT2D eigenvalue weighted by molar-refractivity contribution is 5.80. The Kier molecular flexibility index (Phi) is 5.62. The van der Waals surface area contributed by atoms with E-state index in [1.165, 1.54) is 18.4 Å². The number of rotatable bonds is 7. The van der Waals surface area contributed by atoms with Crippen molar-refractivity contribution in [2.24, 2.45) is 10.4 Å². The molecular formula is C21H30N6O. The first kappa shape index (κ1) is 18.9. The summed E-state index contributed by atoms with van der Waals surface area (Å²) in [6.45, 7) is 2.23. The van der Waals surface area contributed by atoms with Crippen molar-refractivity contribution in [3.8, 4) is 0 Å². The van der Waals surface area contributed by atoms with E-state index in [1.807, 2.05) is 11.7 Å². The Hall–Kier alpha value is -2.41. The van der Waals surface area contributed by atoms with Gasteiger partial charge in [0.1, 0.15) is 12.4 Å². The molecule has 0 amide bonds. The predicted octanol–water partition coefficient (Wildman–Crippen LogP) is 1.93. The lowest BCUT2D eigenvalue weighted by atomic mass is 9.96. The maximum absolute atomic E-state index is 5.14. The topological polar surface area (TPSA) is 76.4 Å². The summed E-state index contributed by atoms with van der Waals surface area (Å²) in [5.74, 6) is 2.69. The Labute approximate surface area is 166 Å². The van der Waals surface area contributed by atoms with Crippen molar-refractivity contribution < 1.29 is 4.74 Å². The standard InChI is InChI=1S/C21H30N6O/c1-22-20(23-15-21(10-11-21)12-16-6-4-3-5-7-16)24-17-8-9-19-25-18(14-28-2)26-27(19)13-17/h3-7,17H,8-15H2,1-2H3,(H2,22,23,24). The summed E-state index contributed by atoms with van der Waals surface area (Å²) in [5, 5.41) is 11.7. The number of hydrogen-bond donors (Lipinski definition) is 2. The number of nitrogens with zero attached hydrogens (tertiary/aromatic N) is 4. The number of guanidine groups is 1. The molecule has 0 bridgehead atoms. The molecular weight excluding hydrogens is 352 g/mol. The molecule has 1 saturated carbocycles. The molecule has 1 atom stereocenters. The van der Waals surface area contributed by atoms with Crippen molar-refractivity contribution in [3.63, 3.8) is 0 Å². The van der Waals surface area contributed by atoms with E-state index in [9.17, 15) is 0 Å². The highest BCUT2D eigenvalue weighted by atomic mass is 16.5. The Bertz CT molecular complexity index is 812. The molecule has 4 rings (SSSR count). The average molecular weight is 383 g/mol. The van der Waals surface area contributed by atoms with Gasteiger partial charge in [0, 0.05) is 33.2 Å². The van der Waals surface area contributed by atoms with Gasteiger partial charge in [-0.2, -0.15) is 5.10 Å². The van der Waals surface area contributed by atoms with Crippen molar-refractivity contribution in [2.45, 2.75) is 51.3 Å². The maximum atomic E-state index is 5.14. The number of benzene rings is 1. The van der Waals surface area contributed by atoms with Crippen LogP contribution in [0.5, 0.6) is 0 Å². The quantitative estimate of drug-likeness (QED) is 0.565. The molecule has 0 spiro atoms. The van der Waals surface area contributed by atoms with Crippen molar-refractivity contribution in [3.05, 3.63) is 47.5 Å². The van der Waals surface area contributed by atoms with Crippen LogP contribution < -0.4 is 10.6 Å². The van der Waals surface area contributed by atoms with Gasteiger partial charge in [-0.25, -0.2) is 9.67 Å². The summed E-state index contributed by atoms with van der Waals surface area (Å²) in [6, 6.07) is 11.1. The van der Waals surface area contributed by atoms with E-state index < -0.39 is 0 Å². The molecule has 28 heavy (non-hydrogen) atoms. The van der Waals surface area contributed by atoms with E-state index in [4.69, 9.17) is 4.74 Å². The van der Waals surface area contributed by atoms with Crippen molar-refractivity contribution in [2.75, 3.05) is 20.7 Å². The first-order valence-corrected chi connectivity index (χ1v) is 10.1. The average Bonchev–Trinajstić information content (AvgIpc) is 3.35. The second-order valence-electron chi connectivity index (χ2n) is 8.03. The first-order valence-electron chi connectivity index (χ1n) is 10.1. The zero-order valence-corrected chi connectivity index (χ0v) is 16.8. The van der Waals surface area contributed by atoms with Gasteiger partial charge in [-0.05, 0) is 36.7 Å². The van der Waals surface area contributed by atoms with Gasteiger partial charge in [-0.1, -0.05) is 30.3 Å². The second kappa shape index (κ2) is 8.31. The summed E-state index contributed by atoms with van der Waals surface area (Å²) in [7, 11) is 3.51. The Balaban J connectivity index is 1.29. The highest BCUT2D eigenvalue weighted by Crippen LogP contribution is 2.47. The summed E-state index contributed by atoms with van der Waals surface area (Å²) >= 11 is 0. The van der Waals surface area contributed by atoms with Gasteiger partial charge in [-0.15, -0.1) is 0 Å². The first-order chi connectivity index (χ1) is 13.7. The van der Waals surface area contributed by atoms with Crippen LogP contribution in [0.1, 0.15) is 36.5 Å². The minimum atomic E-state index is 0.306. The molecule has 7 heteroatoms. The van der Waals surface area contributed by atoms with Crippen LogP contribution in [-0.4, -0.2) is 47.5 Å². The lowest BCUT2D eigenvalue weighted by molar-refractivity contribution is 0.177. The van der Waals surface area contributed by atoms with Gasteiger partial charge in [0.25, 0.3) is 0 Å². The van der Waals surface area contributed by atoms with Gasteiger partial charge < -0.3 is 15.4 Å². The number of nitrogens with one attached hydrogen (secondary N) is 2. The Morgan fingerprint density at radius 3 is 2.86 bits per heavy atom. The van der Waals surface area contributed by atoms with Crippen LogP contribution in [0.15, 0.2) is 35.3 Å². The van der Waals surface area contributed by atoms with Crippen LogP contribution in [0.2, 0.25) is 0 Å². The molecule has 1 fully saturated rings. The number of ether oxygens (including phenoxy) is 1. The zero-order chi connectivity index (χ0) is 19.4. The molecule has 2 aromatic rings. The minimum Gasteiger partial charge on any atom is -0.377 e. The fourth-order valence-electron chi connectivity index (χ4n) is 3.95. The van der Waals surface area contributed by atoms with Crippen LogP contribution in [0.3, 0.4) is 0 Å². The highest BCUT2D eigenvalue weighted by Gasteiger charge is 2.42. The van der Waals surface area contributed by atoms with Gasteiger partial charge in [-0.3, -0.25) is 4.99 Å². The third-order valence-electron chi connectivity index (χ3n) is 5.75. The van der Waals surface area contributed by atoms with E-state index in [1.54, 1.807) is 7.11 Å². The smallest absolute Gasteiger partial charge is 0.191 e. The fourth-order valence-corrected chi connectivity index (χ4v) is 3.95. The summed E-state index contributed by atoms with van der Waals surface area (Å²) in [4.78, 5) is 8.98. The third kappa shape index (κ3) is 4.52. The molecule has 1 aromatic heterocycles. The molecule has 150 valence electrons. The Morgan fingerprint density at radius 2 is 2.14 bits per heavy atom. The van der Waals surface area contributed by atoms with Crippen molar-refractivity contribution in [1.29, 1.82) is 0 Å². The molecule has 0 radical (unpaired) electrons. The molecule has 2 aliphatic rings. The number of aromatic nitrogens is 3. The minimum absolute atomic E-state index is 0.306. The lowest BCUT2D eigenvalue weighted by Gasteiger charge is -2.26. The summed E-state index contributed by atoms with van der Waals surface area (Å²) in [5.41, 5.74) is 1.79. The number of aliphatic imine (C=N–C) groups is 1. The van der Waals surface area contributed by atoms with E-state index in [0.29, 0.717) is 18.1 Å². The van der Waals surface area contributed by atoms with E-state index in [2.05, 4.69) is 56.0 Å². The van der Waals surface area contributed by atoms with E-state index in [0.717, 1.165) is 50.0 Å². The van der Waals surface area contributed by atoms with Crippen molar-refractivity contribution >= 4 is 5.96 Å². The molecule has 0 saturated heterocycles. The number of aryl methyl sites for hydroxylation is 1. The maximum Gasteiger partial charge on any atom is 0.191 e. The Morgan fingerprint density at radius 1 is 1.32 bits per heavy atom. The molecule has 2 heterocycles. The molecule has 1 unspecified atom stereocenters. The van der Waals surface area contributed by atoms with E-state index in [-0.39, 0.29) is 0 Å². The van der Waals surface area contributed by atoms with Crippen LogP contribution in [0.25, 0.3) is 0 Å². The van der Waals surface area contributed by atoms with Crippen LogP contribution in [-0.2, 0) is 30.7 Å². The number of hydrogen-bond acceptors (Lipinski definition) is 4. The van der Waals surface area contributed by atoms with Crippen LogP contribution >= 0.6 is 0 Å². The largest absolute Gasteiger partial charge is 0.377 e. The van der Waals surface area contributed by atoms with Gasteiger partial charge in [0.15, 0.2) is 11.8 Å². The fraction of sp³-hybridized carbons (Fsp3) is 0.571. The summed E-state index contributed by atoms with van der Waals surface area (Å²) in [6.07, 6.45) is 5.63. The third-order valence-corrected chi connectivity index (χ3v) is 5.75. The molecule has 1 aliphatic heterocycles. The number of methoxy groups -OCH3 is 1. The van der Waals surface area contributed by atoms with E-state index >= 15 is 0 Å². The predicted molar refractivity (Wildman–Crippen MR) is 109 cm³/mol. The molecule has 2 N–H and O–H groups in total. The zero-order valence-electron chi connectivity index (χ0n) is 16.8. The SMILES string of the molecule is CN=C(NCC1(Cc2ccccc2)CC1)NC1CCc2nc(COC)nn2C1. The molecule has 7 nitrogen and oxygen atoms in total. The molecule has 1 aromatic carbocycles. The van der Waals surface area contributed by atoms with Crippen LogP contribution in [0.4, 0.5) is 0 Å². The second-order valence-corrected chi connectivity index (χ2v) is 8.03.